The van der Waals surface area contributed by atoms with Crippen molar-refractivity contribution in [3.63, 3.8) is 0 Å². The third kappa shape index (κ3) is 4.47. The zero-order valence-corrected chi connectivity index (χ0v) is 16.0. The molecule has 0 aliphatic rings. The van der Waals surface area contributed by atoms with Gasteiger partial charge in [-0.25, -0.2) is 0 Å². The van der Waals surface area contributed by atoms with Gasteiger partial charge < -0.3 is 0 Å². The van der Waals surface area contributed by atoms with Gasteiger partial charge in [0.15, 0.2) is 5.82 Å². The molecule has 1 heterocycles. The Kier molecular flexibility index (Phi) is 5.71. The van der Waals surface area contributed by atoms with Gasteiger partial charge in [0.05, 0.1) is 6.21 Å². The van der Waals surface area contributed by atoms with Crippen LogP contribution < -0.4 is 0 Å². The summed E-state index contributed by atoms with van der Waals surface area (Å²) < 4.78 is 2.82. The van der Waals surface area contributed by atoms with Crippen LogP contribution in [0.3, 0.4) is 0 Å². The molecule has 24 heavy (non-hydrogen) atoms. The molecule has 0 atom stereocenters. The van der Waals surface area contributed by atoms with Crippen LogP contribution in [0, 0.1) is 6.92 Å². The Morgan fingerprint density at radius 2 is 1.83 bits per heavy atom. The summed E-state index contributed by atoms with van der Waals surface area (Å²) in [4.78, 5) is 0. The molecular formula is C17H14BrClN4S. The molecule has 0 aliphatic carbocycles. The van der Waals surface area contributed by atoms with E-state index in [1.807, 2.05) is 43.3 Å². The maximum atomic E-state index is 5.90. The fourth-order valence-electron chi connectivity index (χ4n) is 1.96. The number of nitrogens with zero attached hydrogens (tertiary/aromatic N) is 4. The molecule has 0 spiro atoms. The standard InChI is InChI=1S/C17H14BrClN4S/c1-12-21-22-17(24-11-14-2-6-15(18)7-3-14)23(12)20-10-13-4-8-16(19)9-5-13/h2-10H,11H2,1H3/b20-10-. The summed E-state index contributed by atoms with van der Waals surface area (Å²) in [6.07, 6.45) is 1.77. The molecule has 0 unspecified atom stereocenters. The lowest BCUT2D eigenvalue weighted by Crippen LogP contribution is -1.96. The number of rotatable bonds is 5. The van der Waals surface area contributed by atoms with Crippen molar-refractivity contribution in [1.29, 1.82) is 0 Å². The number of hydrogen-bond acceptors (Lipinski definition) is 4. The first-order valence-corrected chi connectivity index (χ1v) is 9.36. The zero-order valence-electron chi connectivity index (χ0n) is 12.9. The molecule has 0 saturated carbocycles. The fourth-order valence-corrected chi connectivity index (χ4v) is 3.24. The van der Waals surface area contributed by atoms with E-state index in [1.54, 1.807) is 22.7 Å². The van der Waals surface area contributed by atoms with Gasteiger partial charge in [0.25, 0.3) is 0 Å². The molecule has 0 aliphatic heterocycles. The van der Waals surface area contributed by atoms with E-state index in [-0.39, 0.29) is 0 Å². The molecule has 0 saturated heterocycles. The summed E-state index contributed by atoms with van der Waals surface area (Å²) in [6.45, 7) is 1.88. The Hall–Kier alpha value is -1.63. The molecule has 1 aromatic heterocycles. The molecule has 0 amide bonds. The molecule has 0 bridgehead atoms. The van der Waals surface area contributed by atoms with Gasteiger partial charge in [0.1, 0.15) is 0 Å². The average molecular weight is 422 g/mol. The summed E-state index contributed by atoms with van der Waals surface area (Å²) in [5.74, 6) is 1.56. The fraction of sp³-hybridized carbons (Fsp3) is 0.118. The van der Waals surface area contributed by atoms with Crippen molar-refractivity contribution in [3.05, 3.63) is 75.0 Å². The van der Waals surface area contributed by atoms with E-state index in [1.165, 1.54) is 5.56 Å². The molecule has 0 fully saturated rings. The summed E-state index contributed by atoms with van der Waals surface area (Å²) in [5.41, 5.74) is 2.19. The summed E-state index contributed by atoms with van der Waals surface area (Å²) in [5, 5.41) is 14.3. The Balaban J connectivity index is 1.73. The molecule has 122 valence electrons. The number of aromatic nitrogens is 3. The Morgan fingerprint density at radius 3 is 2.54 bits per heavy atom. The van der Waals surface area contributed by atoms with E-state index in [2.05, 4.69) is 43.4 Å². The van der Waals surface area contributed by atoms with Crippen molar-refractivity contribution in [2.75, 3.05) is 0 Å². The van der Waals surface area contributed by atoms with Crippen molar-refractivity contribution in [2.45, 2.75) is 17.8 Å². The lowest BCUT2D eigenvalue weighted by atomic mass is 10.2. The van der Waals surface area contributed by atoms with E-state index < -0.39 is 0 Å². The maximum absolute atomic E-state index is 5.90. The van der Waals surface area contributed by atoms with Crippen LogP contribution in [0.15, 0.2) is 63.3 Å². The van der Waals surface area contributed by atoms with Crippen molar-refractivity contribution in [1.82, 2.24) is 14.9 Å². The molecule has 7 heteroatoms. The average Bonchev–Trinajstić information content (AvgIpc) is 2.94. The molecule has 4 nitrogen and oxygen atoms in total. The predicted octanol–water partition coefficient (Wildman–Crippen LogP) is 5.18. The first-order chi connectivity index (χ1) is 11.6. The summed E-state index contributed by atoms with van der Waals surface area (Å²) >= 11 is 10.9. The predicted molar refractivity (Wildman–Crippen MR) is 103 cm³/mol. The minimum absolute atomic E-state index is 0.707. The van der Waals surface area contributed by atoms with E-state index in [0.717, 1.165) is 26.8 Å². The largest absolute Gasteiger partial charge is 0.212 e. The van der Waals surface area contributed by atoms with Crippen LogP contribution in [0.25, 0.3) is 0 Å². The number of hydrogen-bond donors (Lipinski definition) is 0. The monoisotopic (exact) mass is 420 g/mol. The highest BCUT2D eigenvalue weighted by Crippen LogP contribution is 2.23. The van der Waals surface area contributed by atoms with Crippen LogP contribution in [-0.2, 0) is 5.75 Å². The second kappa shape index (κ2) is 7.96. The molecule has 2 aromatic carbocycles. The number of aryl methyl sites for hydroxylation is 1. The molecular weight excluding hydrogens is 408 g/mol. The molecule has 0 radical (unpaired) electrons. The van der Waals surface area contributed by atoms with E-state index in [4.69, 9.17) is 11.6 Å². The third-order valence-corrected chi connectivity index (χ3v) is 5.01. The van der Waals surface area contributed by atoms with Crippen LogP contribution in [0.1, 0.15) is 17.0 Å². The van der Waals surface area contributed by atoms with E-state index in [9.17, 15) is 0 Å². The summed E-state index contributed by atoms with van der Waals surface area (Å²) in [7, 11) is 0. The van der Waals surface area contributed by atoms with Gasteiger partial charge >= 0.3 is 0 Å². The van der Waals surface area contributed by atoms with Crippen LogP contribution in [0.2, 0.25) is 5.02 Å². The lowest BCUT2D eigenvalue weighted by Gasteiger charge is -2.03. The highest BCUT2D eigenvalue weighted by molar-refractivity contribution is 9.10. The lowest BCUT2D eigenvalue weighted by molar-refractivity contribution is 0.744. The Morgan fingerprint density at radius 1 is 1.12 bits per heavy atom. The number of thioether (sulfide) groups is 1. The Labute approximate surface area is 158 Å². The van der Waals surface area contributed by atoms with Crippen molar-refractivity contribution < 1.29 is 0 Å². The van der Waals surface area contributed by atoms with Gasteiger partial charge in [0, 0.05) is 15.2 Å². The van der Waals surface area contributed by atoms with Crippen LogP contribution in [0.4, 0.5) is 0 Å². The molecule has 3 aromatic rings. The summed E-state index contributed by atoms with van der Waals surface area (Å²) in [6, 6.07) is 15.7. The van der Waals surface area contributed by atoms with Gasteiger partial charge in [-0.2, -0.15) is 9.78 Å². The van der Waals surface area contributed by atoms with Crippen LogP contribution in [0.5, 0.6) is 0 Å². The van der Waals surface area contributed by atoms with Crippen LogP contribution >= 0.6 is 39.3 Å². The van der Waals surface area contributed by atoms with Gasteiger partial charge in [-0.1, -0.05) is 63.6 Å². The van der Waals surface area contributed by atoms with Crippen molar-refractivity contribution >= 4 is 45.5 Å². The maximum Gasteiger partial charge on any atom is 0.212 e. The highest BCUT2D eigenvalue weighted by atomic mass is 79.9. The van der Waals surface area contributed by atoms with Crippen molar-refractivity contribution in [3.8, 4) is 0 Å². The zero-order chi connectivity index (χ0) is 16.9. The first kappa shape index (κ1) is 17.2. The Bertz CT molecular complexity index is 844. The van der Waals surface area contributed by atoms with Gasteiger partial charge in [-0.15, -0.1) is 10.2 Å². The van der Waals surface area contributed by atoms with E-state index in [0.29, 0.717) is 5.02 Å². The number of benzene rings is 2. The minimum atomic E-state index is 0.707. The third-order valence-electron chi connectivity index (χ3n) is 3.24. The SMILES string of the molecule is Cc1nnc(SCc2ccc(Br)cc2)n1/N=C\c1ccc(Cl)cc1. The molecule has 0 N–H and O–H groups in total. The molecule has 3 rings (SSSR count). The second-order valence-electron chi connectivity index (χ2n) is 5.05. The minimum Gasteiger partial charge on any atom is -0.192 e. The van der Waals surface area contributed by atoms with Gasteiger partial charge in [-0.05, 0) is 42.3 Å². The normalized spacial score (nSPS) is 11.3. The highest BCUT2D eigenvalue weighted by Gasteiger charge is 2.08. The van der Waals surface area contributed by atoms with Gasteiger partial charge in [0.2, 0.25) is 5.16 Å². The number of halogens is 2. The quantitative estimate of drug-likeness (QED) is 0.421. The van der Waals surface area contributed by atoms with Crippen molar-refractivity contribution in [2.24, 2.45) is 5.10 Å². The first-order valence-electron chi connectivity index (χ1n) is 7.21. The smallest absolute Gasteiger partial charge is 0.192 e. The van der Waals surface area contributed by atoms with Gasteiger partial charge in [-0.3, -0.25) is 0 Å². The van der Waals surface area contributed by atoms with Crippen LogP contribution in [-0.4, -0.2) is 21.1 Å². The second-order valence-corrected chi connectivity index (χ2v) is 7.35. The van der Waals surface area contributed by atoms with E-state index >= 15 is 0 Å². The topological polar surface area (TPSA) is 43.1 Å².